The Morgan fingerprint density at radius 3 is 2.32 bits per heavy atom. The molecule has 0 fully saturated rings. The molecule has 0 saturated heterocycles. The van der Waals surface area contributed by atoms with Gasteiger partial charge in [-0.05, 0) is 74.9 Å². The number of rotatable bonds is 6. The second-order valence-corrected chi connectivity index (χ2v) is 6.84. The van der Waals surface area contributed by atoms with Crippen LogP contribution in [0, 0.1) is 27.7 Å². The zero-order valence-corrected chi connectivity index (χ0v) is 16.1. The number of benzene rings is 2. The van der Waals surface area contributed by atoms with E-state index < -0.39 is 6.10 Å². The third-order valence-electron chi connectivity index (χ3n) is 4.67. The fraction of sp³-hybridized carbons (Fsp3) is 0.409. The van der Waals surface area contributed by atoms with Crippen LogP contribution in [0.1, 0.15) is 54.1 Å². The Bertz CT molecular complexity index is 752. The van der Waals surface area contributed by atoms with Crippen LogP contribution < -0.4 is 10.1 Å². The molecule has 0 spiro atoms. The molecule has 0 aliphatic carbocycles. The van der Waals surface area contributed by atoms with Crippen molar-refractivity contribution < 1.29 is 9.53 Å². The summed E-state index contributed by atoms with van der Waals surface area (Å²) in [7, 11) is 0. The Kier molecular flexibility index (Phi) is 6.24. The highest BCUT2D eigenvalue weighted by Crippen LogP contribution is 2.22. The van der Waals surface area contributed by atoms with E-state index in [2.05, 4.69) is 44.3 Å². The van der Waals surface area contributed by atoms with E-state index >= 15 is 0 Å². The molecular weight excluding hydrogens is 310 g/mol. The van der Waals surface area contributed by atoms with Crippen LogP contribution in [-0.2, 0) is 4.79 Å². The van der Waals surface area contributed by atoms with E-state index in [4.69, 9.17) is 4.74 Å². The number of amides is 1. The number of aryl methyl sites for hydroxylation is 4. The van der Waals surface area contributed by atoms with E-state index in [0.717, 1.165) is 28.9 Å². The molecule has 2 unspecified atom stereocenters. The van der Waals surface area contributed by atoms with Crippen molar-refractivity contribution in [3.8, 4) is 5.75 Å². The van der Waals surface area contributed by atoms with Gasteiger partial charge in [0.2, 0.25) is 0 Å². The Hall–Kier alpha value is -2.29. The SMILES string of the molecule is CCC(NC(=O)C(C)Oc1cc(C)ccc1C)c1ccc(C)c(C)c1. The summed E-state index contributed by atoms with van der Waals surface area (Å²) < 4.78 is 5.90. The van der Waals surface area contributed by atoms with Crippen LogP contribution in [0.2, 0.25) is 0 Å². The van der Waals surface area contributed by atoms with Crippen LogP contribution in [0.15, 0.2) is 36.4 Å². The molecule has 0 aliphatic heterocycles. The second kappa shape index (κ2) is 8.19. The number of nitrogens with one attached hydrogen (secondary N) is 1. The van der Waals surface area contributed by atoms with Crippen molar-refractivity contribution in [3.63, 3.8) is 0 Å². The summed E-state index contributed by atoms with van der Waals surface area (Å²) in [6.45, 7) is 12.1. The maximum Gasteiger partial charge on any atom is 0.261 e. The molecule has 2 atom stereocenters. The van der Waals surface area contributed by atoms with Gasteiger partial charge >= 0.3 is 0 Å². The summed E-state index contributed by atoms with van der Waals surface area (Å²) >= 11 is 0. The van der Waals surface area contributed by atoms with Crippen LogP contribution >= 0.6 is 0 Å². The molecule has 0 saturated carbocycles. The van der Waals surface area contributed by atoms with Crippen molar-refractivity contribution in [2.45, 2.75) is 60.1 Å². The predicted molar refractivity (Wildman–Crippen MR) is 103 cm³/mol. The molecular formula is C22H29NO2. The molecule has 0 bridgehead atoms. The number of hydrogen-bond acceptors (Lipinski definition) is 2. The molecule has 2 aromatic carbocycles. The van der Waals surface area contributed by atoms with Gasteiger partial charge in [0.05, 0.1) is 6.04 Å². The minimum atomic E-state index is -0.541. The van der Waals surface area contributed by atoms with E-state index in [1.807, 2.05) is 32.0 Å². The molecule has 3 heteroatoms. The van der Waals surface area contributed by atoms with Gasteiger partial charge in [-0.15, -0.1) is 0 Å². The smallest absolute Gasteiger partial charge is 0.261 e. The number of ether oxygens (including phenoxy) is 1. The fourth-order valence-corrected chi connectivity index (χ4v) is 2.77. The van der Waals surface area contributed by atoms with Gasteiger partial charge in [-0.3, -0.25) is 4.79 Å². The Labute approximate surface area is 151 Å². The van der Waals surface area contributed by atoms with Crippen LogP contribution in [-0.4, -0.2) is 12.0 Å². The van der Waals surface area contributed by atoms with Gasteiger partial charge in [-0.25, -0.2) is 0 Å². The number of hydrogen-bond donors (Lipinski definition) is 1. The molecule has 0 aliphatic rings. The highest BCUT2D eigenvalue weighted by atomic mass is 16.5. The monoisotopic (exact) mass is 339 g/mol. The first kappa shape index (κ1) is 19.0. The second-order valence-electron chi connectivity index (χ2n) is 6.84. The van der Waals surface area contributed by atoms with Crippen molar-refractivity contribution in [3.05, 3.63) is 64.2 Å². The minimum absolute atomic E-state index is 0.00328. The third-order valence-corrected chi connectivity index (χ3v) is 4.67. The lowest BCUT2D eigenvalue weighted by molar-refractivity contribution is -0.128. The van der Waals surface area contributed by atoms with Gasteiger partial charge in [0.15, 0.2) is 6.10 Å². The van der Waals surface area contributed by atoms with E-state index in [9.17, 15) is 4.79 Å². The molecule has 0 heterocycles. The van der Waals surface area contributed by atoms with Crippen molar-refractivity contribution in [1.82, 2.24) is 5.32 Å². The summed E-state index contributed by atoms with van der Waals surface area (Å²) in [6.07, 6.45) is 0.297. The molecule has 2 rings (SSSR count). The van der Waals surface area contributed by atoms with Crippen molar-refractivity contribution in [1.29, 1.82) is 0 Å². The summed E-state index contributed by atoms with van der Waals surface area (Å²) in [5, 5.41) is 3.12. The molecule has 2 aromatic rings. The molecule has 0 radical (unpaired) electrons. The van der Waals surface area contributed by atoms with Gasteiger partial charge in [0.1, 0.15) is 5.75 Å². The Morgan fingerprint density at radius 2 is 1.68 bits per heavy atom. The van der Waals surface area contributed by atoms with Gasteiger partial charge < -0.3 is 10.1 Å². The van der Waals surface area contributed by atoms with E-state index in [1.165, 1.54) is 11.1 Å². The first-order valence-corrected chi connectivity index (χ1v) is 8.93. The zero-order chi connectivity index (χ0) is 18.6. The van der Waals surface area contributed by atoms with E-state index in [-0.39, 0.29) is 11.9 Å². The van der Waals surface area contributed by atoms with Gasteiger partial charge in [-0.2, -0.15) is 0 Å². The summed E-state index contributed by atoms with van der Waals surface area (Å²) in [6, 6.07) is 12.4. The van der Waals surface area contributed by atoms with E-state index in [0.29, 0.717) is 0 Å². The Balaban J connectivity index is 2.08. The maximum atomic E-state index is 12.6. The summed E-state index contributed by atoms with van der Waals surface area (Å²) in [4.78, 5) is 12.6. The first-order valence-electron chi connectivity index (χ1n) is 8.93. The average Bonchev–Trinajstić information content (AvgIpc) is 2.58. The highest BCUT2D eigenvalue weighted by molar-refractivity contribution is 5.81. The van der Waals surface area contributed by atoms with Crippen molar-refractivity contribution in [2.75, 3.05) is 0 Å². The number of carbonyl (C=O) groups excluding carboxylic acids is 1. The van der Waals surface area contributed by atoms with Gasteiger partial charge in [0, 0.05) is 0 Å². The predicted octanol–water partition coefficient (Wildman–Crippen LogP) is 4.96. The average molecular weight is 339 g/mol. The fourth-order valence-electron chi connectivity index (χ4n) is 2.77. The van der Waals surface area contributed by atoms with Crippen LogP contribution in [0.3, 0.4) is 0 Å². The van der Waals surface area contributed by atoms with Crippen LogP contribution in [0.5, 0.6) is 5.75 Å². The van der Waals surface area contributed by atoms with E-state index in [1.54, 1.807) is 6.92 Å². The largest absolute Gasteiger partial charge is 0.481 e. The zero-order valence-electron chi connectivity index (χ0n) is 16.1. The lowest BCUT2D eigenvalue weighted by Gasteiger charge is -2.22. The van der Waals surface area contributed by atoms with Crippen molar-refractivity contribution in [2.24, 2.45) is 0 Å². The third kappa shape index (κ3) is 4.85. The molecule has 1 amide bonds. The first-order chi connectivity index (χ1) is 11.8. The lowest BCUT2D eigenvalue weighted by Crippen LogP contribution is -2.38. The lowest BCUT2D eigenvalue weighted by atomic mass is 9.99. The van der Waals surface area contributed by atoms with Crippen LogP contribution in [0.25, 0.3) is 0 Å². The Morgan fingerprint density at radius 1 is 1.00 bits per heavy atom. The quantitative estimate of drug-likeness (QED) is 0.808. The minimum Gasteiger partial charge on any atom is -0.481 e. The molecule has 25 heavy (non-hydrogen) atoms. The van der Waals surface area contributed by atoms with Gasteiger partial charge in [-0.1, -0.05) is 37.3 Å². The van der Waals surface area contributed by atoms with Crippen LogP contribution in [0.4, 0.5) is 0 Å². The molecule has 3 nitrogen and oxygen atoms in total. The van der Waals surface area contributed by atoms with Gasteiger partial charge in [0.25, 0.3) is 5.91 Å². The maximum absolute atomic E-state index is 12.6. The van der Waals surface area contributed by atoms with Crippen molar-refractivity contribution >= 4 is 5.91 Å². The topological polar surface area (TPSA) is 38.3 Å². The summed E-state index contributed by atoms with van der Waals surface area (Å²) in [5.74, 6) is 0.674. The molecule has 1 N–H and O–H groups in total. The normalized spacial score (nSPS) is 13.2. The highest BCUT2D eigenvalue weighted by Gasteiger charge is 2.20. The molecule has 134 valence electrons. The standard InChI is InChI=1S/C22H29NO2/c1-7-20(19-11-10-15(3)17(5)13-19)23-22(24)18(6)25-21-12-14(2)8-9-16(21)4/h8-13,18,20H,7H2,1-6H3,(H,23,24). The number of carbonyl (C=O) groups is 1. The summed E-state index contributed by atoms with van der Waals surface area (Å²) in [5.41, 5.74) is 5.79. The molecule has 0 aromatic heterocycles.